The summed E-state index contributed by atoms with van der Waals surface area (Å²) < 4.78 is 0. The van der Waals surface area contributed by atoms with Crippen LogP contribution in [0.4, 0.5) is 0 Å². The number of likely N-dealkylation sites (tertiary alicyclic amines) is 1. The summed E-state index contributed by atoms with van der Waals surface area (Å²) in [6.07, 6.45) is 3.10. The van der Waals surface area contributed by atoms with E-state index in [2.05, 4.69) is 0 Å². The third-order valence-electron chi connectivity index (χ3n) is 4.84. The molecule has 0 radical (unpaired) electrons. The van der Waals surface area contributed by atoms with Gasteiger partial charge in [0, 0.05) is 6.54 Å². The number of carboxylic acids is 1. The third-order valence-corrected chi connectivity index (χ3v) is 5.54. The van der Waals surface area contributed by atoms with Gasteiger partial charge in [0.15, 0.2) is 0 Å². The molecule has 2 fully saturated rings. The molecule has 1 aromatic rings. The highest BCUT2D eigenvalue weighted by Crippen LogP contribution is 2.43. The van der Waals surface area contributed by atoms with Crippen molar-refractivity contribution in [1.29, 1.82) is 0 Å². The zero-order valence-corrected chi connectivity index (χ0v) is 12.3. The Morgan fingerprint density at radius 1 is 1.45 bits per heavy atom. The number of nitrogens with zero attached hydrogens (tertiary/aromatic N) is 1. The Balaban J connectivity index is 1.82. The van der Waals surface area contributed by atoms with Crippen molar-refractivity contribution in [3.05, 3.63) is 22.4 Å². The standard InChI is InChI=1S/C15H19NO3S/c1-9(11-5-6-20-8-11)14(17)16-7-10-3-2-4-12(10)13(16)15(18)19/h5-6,8-10,12-13H,2-4,7H2,1H3,(H,18,19). The summed E-state index contributed by atoms with van der Waals surface area (Å²) >= 11 is 1.56. The van der Waals surface area contributed by atoms with E-state index in [4.69, 9.17) is 0 Å². The van der Waals surface area contributed by atoms with Gasteiger partial charge >= 0.3 is 5.97 Å². The monoisotopic (exact) mass is 293 g/mol. The molecule has 1 N–H and O–H groups in total. The lowest BCUT2D eigenvalue weighted by atomic mass is 9.94. The maximum atomic E-state index is 12.7. The molecule has 20 heavy (non-hydrogen) atoms. The van der Waals surface area contributed by atoms with Crippen LogP contribution in [0.2, 0.25) is 0 Å². The van der Waals surface area contributed by atoms with Crippen LogP contribution in [0.3, 0.4) is 0 Å². The Hall–Kier alpha value is -1.36. The van der Waals surface area contributed by atoms with Crippen LogP contribution in [0, 0.1) is 11.8 Å². The first-order valence-electron chi connectivity index (χ1n) is 7.15. The van der Waals surface area contributed by atoms with Gasteiger partial charge in [0.25, 0.3) is 0 Å². The summed E-state index contributed by atoms with van der Waals surface area (Å²) in [7, 11) is 0. The lowest BCUT2D eigenvalue weighted by Crippen LogP contribution is -2.44. The Kier molecular flexibility index (Phi) is 3.54. The Morgan fingerprint density at radius 3 is 2.90 bits per heavy atom. The summed E-state index contributed by atoms with van der Waals surface area (Å²) in [6, 6.07) is 1.33. The van der Waals surface area contributed by atoms with Crippen LogP contribution >= 0.6 is 11.3 Å². The Labute approximate surface area is 122 Å². The van der Waals surface area contributed by atoms with Gasteiger partial charge in [-0.3, -0.25) is 4.79 Å². The van der Waals surface area contributed by atoms with E-state index in [9.17, 15) is 14.7 Å². The highest BCUT2D eigenvalue weighted by Gasteiger charge is 2.50. The topological polar surface area (TPSA) is 57.6 Å². The number of carbonyl (C=O) groups is 2. The minimum absolute atomic E-state index is 0.0369. The van der Waals surface area contributed by atoms with Gasteiger partial charge in [0.05, 0.1) is 5.92 Å². The normalized spacial score (nSPS) is 30.2. The molecule has 4 unspecified atom stereocenters. The summed E-state index contributed by atoms with van der Waals surface area (Å²) in [5.74, 6) is -0.585. The molecule has 0 bridgehead atoms. The van der Waals surface area contributed by atoms with Gasteiger partial charge < -0.3 is 10.0 Å². The maximum Gasteiger partial charge on any atom is 0.326 e. The van der Waals surface area contributed by atoms with Gasteiger partial charge in [-0.25, -0.2) is 4.79 Å². The highest BCUT2D eigenvalue weighted by molar-refractivity contribution is 7.08. The summed E-state index contributed by atoms with van der Waals surface area (Å²) in [5.41, 5.74) is 0.987. The van der Waals surface area contributed by atoms with E-state index in [0.29, 0.717) is 12.5 Å². The predicted octanol–water partition coefficient (Wildman–Crippen LogP) is 2.56. The minimum atomic E-state index is -0.842. The van der Waals surface area contributed by atoms with Crippen LogP contribution in [0.5, 0.6) is 0 Å². The third kappa shape index (κ3) is 2.14. The number of hydrogen-bond donors (Lipinski definition) is 1. The van der Waals surface area contributed by atoms with Crippen LogP contribution in [-0.4, -0.2) is 34.5 Å². The molecule has 1 aromatic heterocycles. The first-order chi connectivity index (χ1) is 9.59. The van der Waals surface area contributed by atoms with Gasteiger partial charge in [-0.05, 0) is 54.0 Å². The molecule has 1 aliphatic carbocycles. The molecule has 1 saturated carbocycles. The molecule has 1 saturated heterocycles. The van der Waals surface area contributed by atoms with Crippen molar-refractivity contribution in [2.24, 2.45) is 11.8 Å². The zero-order valence-electron chi connectivity index (χ0n) is 11.5. The van der Waals surface area contributed by atoms with Crippen molar-refractivity contribution in [3.8, 4) is 0 Å². The van der Waals surface area contributed by atoms with Crippen molar-refractivity contribution in [3.63, 3.8) is 0 Å². The Bertz CT molecular complexity index is 513. The van der Waals surface area contributed by atoms with Crippen LogP contribution < -0.4 is 0 Å². The first kappa shape index (κ1) is 13.6. The molecule has 4 nitrogen and oxygen atoms in total. The smallest absolute Gasteiger partial charge is 0.326 e. The van der Waals surface area contributed by atoms with E-state index in [1.165, 1.54) is 0 Å². The molecule has 2 aliphatic rings. The maximum absolute atomic E-state index is 12.7. The summed E-state index contributed by atoms with van der Waals surface area (Å²) in [5, 5.41) is 13.4. The van der Waals surface area contributed by atoms with Crippen LogP contribution in [0.25, 0.3) is 0 Å². The number of rotatable bonds is 3. The number of amides is 1. The van der Waals surface area contributed by atoms with Gasteiger partial charge in [0.2, 0.25) is 5.91 Å². The second-order valence-corrected chi connectivity index (χ2v) is 6.69. The summed E-state index contributed by atoms with van der Waals surface area (Å²) in [4.78, 5) is 25.9. The van der Waals surface area contributed by atoms with Gasteiger partial charge in [-0.1, -0.05) is 6.42 Å². The van der Waals surface area contributed by atoms with E-state index >= 15 is 0 Å². The average molecular weight is 293 g/mol. The molecule has 3 rings (SSSR count). The lowest BCUT2D eigenvalue weighted by molar-refractivity contribution is -0.150. The van der Waals surface area contributed by atoms with Crippen molar-refractivity contribution < 1.29 is 14.7 Å². The molecule has 0 spiro atoms. The molecule has 4 atom stereocenters. The van der Waals surface area contributed by atoms with Gasteiger partial charge in [0.1, 0.15) is 6.04 Å². The van der Waals surface area contributed by atoms with Gasteiger partial charge in [-0.2, -0.15) is 11.3 Å². The molecular formula is C15H19NO3S. The van der Waals surface area contributed by atoms with Crippen LogP contribution in [-0.2, 0) is 9.59 Å². The molecule has 5 heteroatoms. The van der Waals surface area contributed by atoms with E-state index in [-0.39, 0.29) is 17.7 Å². The number of aliphatic carboxylic acids is 1. The van der Waals surface area contributed by atoms with Crippen molar-refractivity contribution in [2.75, 3.05) is 6.54 Å². The fourth-order valence-electron chi connectivity index (χ4n) is 3.76. The largest absolute Gasteiger partial charge is 0.480 e. The van der Waals surface area contributed by atoms with E-state index in [1.54, 1.807) is 16.2 Å². The molecule has 2 heterocycles. The number of fused-ring (bicyclic) bond motifs is 1. The van der Waals surface area contributed by atoms with Crippen LogP contribution in [0.15, 0.2) is 16.8 Å². The van der Waals surface area contributed by atoms with Crippen LogP contribution in [0.1, 0.15) is 37.7 Å². The number of thiophene rings is 1. The second-order valence-electron chi connectivity index (χ2n) is 5.91. The lowest BCUT2D eigenvalue weighted by Gasteiger charge is -2.27. The molecular weight excluding hydrogens is 274 g/mol. The van der Waals surface area contributed by atoms with Crippen molar-refractivity contribution >= 4 is 23.2 Å². The SMILES string of the molecule is CC(C(=O)N1CC2CCCC2C1C(=O)O)c1ccsc1. The molecule has 1 amide bonds. The quantitative estimate of drug-likeness (QED) is 0.932. The summed E-state index contributed by atoms with van der Waals surface area (Å²) in [6.45, 7) is 2.49. The second kappa shape index (κ2) is 5.20. The fourth-order valence-corrected chi connectivity index (χ4v) is 4.52. The van der Waals surface area contributed by atoms with E-state index in [1.807, 2.05) is 23.8 Å². The average Bonchev–Trinajstić information content (AvgIpc) is 3.11. The first-order valence-corrected chi connectivity index (χ1v) is 8.09. The number of carboxylic acid groups (broad SMARTS) is 1. The zero-order chi connectivity index (χ0) is 14.3. The predicted molar refractivity (Wildman–Crippen MR) is 76.7 cm³/mol. The minimum Gasteiger partial charge on any atom is -0.480 e. The molecule has 1 aliphatic heterocycles. The van der Waals surface area contributed by atoms with E-state index in [0.717, 1.165) is 24.8 Å². The highest BCUT2D eigenvalue weighted by atomic mass is 32.1. The number of carbonyl (C=O) groups excluding carboxylic acids is 1. The molecule has 108 valence electrons. The van der Waals surface area contributed by atoms with Crippen molar-refractivity contribution in [1.82, 2.24) is 4.90 Å². The van der Waals surface area contributed by atoms with E-state index < -0.39 is 12.0 Å². The van der Waals surface area contributed by atoms with Gasteiger partial charge in [-0.15, -0.1) is 0 Å². The molecule has 0 aromatic carbocycles. The Morgan fingerprint density at radius 2 is 2.25 bits per heavy atom. The fraction of sp³-hybridized carbons (Fsp3) is 0.600. The van der Waals surface area contributed by atoms with Crippen molar-refractivity contribution in [2.45, 2.75) is 38.1 Å². The number of hydrogen-bond acceptors (Lipinski definition) is 3.